The van der Waals surface area contributed by atoms with Crippen LogP contribution in [0.15, 0.2) is 18.2 Å². The maximum Gasteiger partial charge on any atom is 0.233 e. The van der Waals surface area contributed by atoms with Gasteiger partial charge in [0.05, 0.1) is 19.9 Å². The van der Waals surface area contributed by atoms with Gasteiger partial charge in [-0.1, -0.05) is 0 Å². The number of hydrogen-bond acceptors (Lipinski definition) is 11. The van der Waals surface area contributed by atoms with E-state index in [-0.39, 0.29) is 18.1 Å². The van der Waals surface area contributed by atoms with Crippen LogP contribution in [-0.4, -0.2) is 73.5 Å². The molecule has 2 aliphatic rings. The van der Waals surface area contributed by atoms with Crippen molar-refractivity contribution in [3.8, 4) is 11.5 Å². The first-order valence-electron chi connectivity index (χ1n) is 11.0. The second-order valence-corrected chi connectivity index (χ2v) is 8.46. The molecule has 2 fully saturated rings. The van der Waals surface area contributed by atoms with Crippen LogP contribution < -0.4 is 41.8 Å². The van der Waals surface area contributed by atoms with Gasteiger partial charge >= 0.3 is 0 Å². The molecular weight excluding hydrogens is 410 g/mol. The number of piperidine rings is 2. The number of ether oxygens (including phenoxy) is 2. The van der Waals surface area contributed by atoms with Crippen LogP contribution in [0.1, 0.15) is 19.3 Å². The molecule has 11 nitrogen and oxygen atoms in total. The van der Waals surface area contributed by atoms with Crippen molar-refractivity contribution < 1.29 is 9.47 Å². The number of hydrogen-bond donors (Lipinski definition) is 4. The molecule has 3 heterocycles. The third-order valence-electron chi connectivity index (χ3n) is 5.80. The highest BCUT2D eigenvalue weighted by molar-refractivity contribution is 5.66. The molecule has 0 amide bonds. The van der Waals surface area contributed by atoms with Crippen molar-refractivity contribution in [3.63, 3.8) is 0 Å². The maximum atomic E-state index is 6.22. The Morgan fingerprint density at radius 2 is 1.59 bits per heavy atom. The van der Waals surface area contributed by atoms with E-state index in [4.69, 9.17) is 41.6 Å². The Bertz CT molecular complexity index is 918. The Balaban J connectivity index is 1.70. The lowest BCUT2D eigenvalue weighted by atomic mass is 10.0. The molecule has 174 valence electrons. The molecule has 0 radical (unpaired) electrons. The van der Waals surface area contributed by atoms with Gasteiger partial charge in [-0.3, -0.25) is 0 Å². The van der Waals surface area contributed by atoms with Crippen molar-refractivity contribution >= 4 is 23.5 Å². The Morgan fingerprint density at radius 1 is 0.906 bits per heavy atom. The number of benzene rings is 1. The first-order chi connectivity index (χ1) is 15.4. The van der Waals surface area contributed by atoms with Crippen molar-refractivity contribution in [2.24, 2.45) is 17.2 Å². The number of aromatic nitrogens is 3. The molecule has 0 unspecified atom stereocenters. The summed E-state index contributed by atoms with van der Waals surface area (Å²) in [4.78, 5) is 18.3. The normalized spacial score (nSPS) is 23.7. The monoisotopic (exact) mass is 443 g/mol. The van der Waals surface area contributed by atoms with Gasteiger partial charge in [-0.25, -0.2) is 0 Å². The summed E-state index contributed by atoms with van der Waals surface area (Å²) in [7, 11) is 3.23. The lowest BCUT2D eigenvalue weighted by Crippen LogP contribution is -2.53. The summed E-state index contributed by atoms with van der Waals surface area (Å²) in [5.74, 6) is 2.88. The van der Waals surface area contributed by atoms with E-state index >= 15 is 0 Å². The van der Waals surface area contributed by atoms with Crippen LogP contribution >= 0.6 is 0 Å². The molecule has 32 heavy (non-hydrogen) atoms. The van der Waals surface area contributed by atoms with Gasteiger partial charge in [0, 0.05) is 50.4 Å². The van der Waals surface area contributed by atoms with Gasteiger partial charge in [-0.05, 0) is 31.4 Å². The fourth-order valence-electron chi connectivity index (χ4n) is 4.26. The zero-order valence-corrected chi connectivity index (χ0v) is 18.7. The molecule has 4 rings (SSSR count). The van der Waals surface area contributed by atoms with Crippen molar-refractivity contribution in [1.29, 1.82) is 0 Å². The van der Waals surface area contributed by atoms with E-state index in [0.29, 0.717) is 54.7 Å². The summed E-state index contributed by atoms with van der Waals surface area (Å²) in [6.07, 6.45) is 2.77. The molecule has 2 aromatic rings. The molecule has 11 heteroatoms. The lowest BCUT2D eigenvalue weighted by Gasteiger charge is -2.35. The molecule has 1 aromatic carbocycles. The number of nitrogens with two attached hydrogens (primary N) is 3. The predicted octanol–water partition coefficient (Wildman–Crippen LogP) is 0.425. The van der Waals surface area contributed by atoms with Crippen LogP contribution in [0.5, 0.6) is 11.5 Å². The van der Waals surface area contributed by atoms with E-state index in [1.165, 1.54) is 0 Å². The average Bonchev–Trinajstić information content (AvgIpc) is 2.78. The third kappa shape index (κ3) is 5.12. The molecule has 0 bridgehead atoms. The predicted molar refractivity (Wildman–Crippen MR) is 125 cm³/mol. The largest absolute Gasteiger partial charge is 0.497 e. The molecular formula is C21H33N9O2. The fraction of sp³-hybridized carbons (Fsp3) is 0.571. The topological polar surface area (TPSA) is 154 Å². The molecule has 0 spiro atoms. The third-order valence-corrected chi connectivity index (χ3v) is 5.80. The van der Waals surface area contributed by atoms with Crippen LogP contribution in [0.3, 0.4) is 0 Å². The van der Waals surface area contributed by atoms with Gasteiger partial charge in [-0.2, -0.15) is 15.0 Å². The van der Waals surface area contributed by atoms with E-state index in [9.17, 15) is 0 Å². The highest BCUT2D eigenvalue weighted by atomic mass is 16.5. The summed E-state index contributed by atoms with van der Waals surface area (Å²) >= 11 is 0. The van der Waals surface area contributed by atoms with Crippen molar-refractivity contribution in [2.75, 3.05) is 55.5 Å². The van der Waals surface area contributed by atoms with Crippen LogP contribution in [0.25, 0.3) is 0 Å². The minimum absolute atomic E-state index is 0.0303. The van der Waals surface area contributed by atoms with Gasteiger partial charge < -0.3 is 41.8 Å². The molecule has 0 saturated carbocycles. The Hall–Kier alpha value is -2.89. The molecule has 0 aliphatic carbocycles. The zero-order valence-electron chi connectivity index (χ0n) is 18.7. The number of nitrogens with zero attached hydrogens (tertiary/aromatic N) is 5. The smallest absolute Gasteiger partial charge is 0.233 e. The van der Waals surface area contributed by atoms with E-state index in [2.05, 4.69) is 10.2 Å². The van der Waals surface area contributed by atoms with Crippen LogP contribution in [0.4, 0.5) is 23.5 Å². The summed E-state index contributed by atoms with van der Waals surface area (Å²) in [6.45, 7) is 2.82. The summed E-state index contributed by atoms with van der Waals surface area (Å²) in [5, 5.41) is 3.28. The van der Waals surface area contributed by atoms with Crippen molar-refractivity contribution in [3.05, 3.63) is 18.2 Å². The Morgan fingerprint density at radius 3 is 2.25 bits per heavy atom. The first kappa shape index (κ1) is 22.3. The first-order valence-corrected chi connectivity index (χ1v) is 11.0. The molecule has 3 atom stereocenters. The minimum atomic E-state index is -0.0303. The van der Waals surface area contributed by atoms with Crippen LogP contribution in [-0.2, 0) is 0 Å². The lowest BCUT2D eigenvalue weighted by molar-refractivity contribution is 0.404. The second kappa shape index (κ2) is 9.72. The fourth-order valence-corrected chi connectivity index (χ4v) is 4.26. The minimum Gasteiger partial charge on any atom is -0.497 e. The van der Waals surface area contributed by atoms with Gasteiger partial charge in [0.1, 0.15) is 11.5 Å². The van der Waals surface area contributed by atoms with E-state index in [0.717, 1.165) is 25.8 Å². The van der Waals surface area contributed by atoms with Crippen molar-refractivity contribution in [1.82, 2.24) is 15.0 Å². The van der Waals surface area contributed by atoms with Crippen molar-refractivity contribution in [2.45, 2.75) is 37.4 Å². The number of anilines is 4. The summed E-state index contributed by atoms with van der Waals surface area (Å²) in [5.41, 5.74) is 19.3. The summed E-state index contributed by atoms with van der Waals surface area (Å²) < 4.78 is 10.9. The van der Waals surface area contributed by atoms with Gasteiger partial charge in [0.15, 0.2) is 0 Å². The van der Waals surface area contributed by atoms with Gasteiger partial charge in [0.2, 0.25) is 17.8 Å². The quantitative estimate of drug-likeness (QED) is 0.491. The second-order valence-electron chi connectivity index (χ2n) is 8.46. The Kier molecular flexibility index (Phi) is 6.77. The highest BCUT2D eigenvalue weighted by Gasteiger charge is 2.27. The number of rotatable bonds is 6. The van der Waals surface area contributed by atoms with E-state index in [1.54, 1.807) is 14.2 Å². The molecule has 2 saturated heterocycles. The van der Waals surface area contributed by atoms with Gasteiger partial charge in [-0.15, -0.1) is 0 Å². The Labute approximate surface area is 188 Å². The SMILES string of the molecule is COc1ccc(OC)c(Nc2nc(N3CCC[C@H](N)C3)nc(N3C[C@H](N)C[C@H](N)C3)n2)c1. The molecule has 1 aromatic heterocycles. The van der Waals surface area contributed by atoms with E-state index < -0.39 is 0 Å². The van der Waals surface area contributed by atoms with Crippen LogP contribution in [0.2, 0.25) is 0 Å². The average molecular weight is 444 g/mol. The summed E-state index contributed by atoms with van der Waals surface area (Å²) in [6, 6.07) is 5.53. The maximum absolute atomic E-state index is 6.22. The standard InChI is InChI=1S/C21H33N9O2/c1-31-16-5-6-18(32-2)17(9-16)25-19-26-20(29-7-3-4-13(22)10-29)28-21(27-19)30-11-14(23)8-15(24)12-30/h5-6,9,13-15H,3-4,7-8,10-12,22-24H2,1-2H3,(H,25,26,27,28)/t13-,14-,15+/m0/s1. The highest BCUT2D eigenvalue weighted by Crippen LogP contribution is 2.32. The molecule has 2 aliphatic heterocycles. The number of nitrogens with one attached hydrogen (secondary N) is 1. The van der Waals surface area contributed by atoms with E-state index in [1.807, 2.05) is 23.1 Å². The zero-order chi connectivity index (χ0) is 22.7. The number of methoxy groups -OCH3 is 2. The molecule has 7 N–H and O–H groups in total. The van der Waals surface area contributed by atoms with Gasteiger partial charge in [0.25, 0.3) is 0 Å². The van der Waals surface area contributed by atoms with Crippen LogP contribution in [0, 0.1) is 0 Å².